The third-order valence-electron chi connectivity index (χ3n) is 3.26. The van der Waals surface area contributed by atoms with Crippen molar-refractivity contribution in [3.05, 3.63) is 0 Å². The van der Waals surface area contributed by atoms with Crippen LogP contribution >= 0.6 is 0 Å². The number of hydrogen-bond acceptors (Lipinski definition) is 8. The molecule has 0 aromatic rings. The molecule has 0 saturated heterocycles. The van der Waals surface area contributed by atoms with Crippen molar-refractivity contribution in [2.45, 2.75) is 37.4 Å². The summed E-state index contributed by atoms with van der Waals surface area (Å²) in [5.41, 5.74) is 5.47. The van der Waals surface area contributed by atoms with E-state index in [1.54, 1.807) is 0 Å². The first-order valence-electron chi connectivity index (χ1n) is 7.88. The highest BCUT2D eigenvalue weighted by molar-refractivity contribution is 5.94. The fraction of sp³-hybridized carbons (Fsp3) is 0.571. The molecule has 0 aliphatic heterocycles. The molecule has 158 valence electrons. The fourth-order valence-corrected chi connectivity index (χ4v) is 1.79. The molecule has 14 nitrogen and oxygen atoms in total. The summed E-state index contributed by atoms with van der Waals surface area (Å²) < 4.78 is 0. The third kappa shape index (κ3) is 10.0. The van der Waals surface area contributed by atoms with Crippen LogP contribution in [0, 0.1) is 0 Å². The number of carboxylic acids is 3. The summed E-state index contributed by atoms with van der Waals surface area (Å²) in [4.78, 5) is 67.5. The highest BCUT2D eigenvalue weighted by atomic mass is 16.4. The van der Waals surface area contributed by atoms with Gasteiger partial charge in [0, 0.05) is 6.42 Å². The van der Waals surface area contributed by atoms with Gasteiger partial charge in [-0.2, -0.15) is 0 Å². The summed E-state index contributed by atoms with van der Waals surface area (Å²) in [6, 6.07) is -4.50. The molecule has 0 saturated carbocycles. The lowest BCUT2D eigenvalue weighted by Gasteiger charge is -2.19. The Morgan fingerprint density at radius 3 is 1.93 bits per heavy atom. The molecule has 0 radical (unpaired) electrons. The molecular weight excluding hydrogens is 384 g/mol. The van der Waals surface area contributed by atoms with Crippen molar-refractivity contribution >= 4 is 35.6 Å². The van der Waals surface area contributed by atoms with Gasteiger partial charge >= 0.3 is 17.9 Å². The number of carbonyl (C=O) groups is 6. The number of aliphatic carboxylic acids is 3. The van der Waals surface area contributed by atoms with Gasteiger partial charge < -0.3 is 42.1 Å². The first-order valence-corrected chi connectivity index (χ1v) is 7.88. The molecule has 0 aliphatic rings. The molecule has 3 unspecified atom stereocenters. The average Bonchev–Trinajstić information content (AvgIpc) is 2.60. The van der Waals surface area contributed by atoms with Crippen molar-refractivity contribution in [2.24, 2.45) is 5.73 Å². The van der Waals surface area contributed by atoms with Crippen molar-refractivity contribution in [3.8, 4) is 0 Å². The van der Waals surface area contributed by atoms with E-state index in [1.165, 1.54) is 0 Å². The van der Waals surface area contributed by atoms with E-state index in [2.05, 4.69) is 0 Å². The molecule has 28 heavy (non-hydrogen) atoms. The Hall–Kier alpha value is -3.26. The van der Waals surface area contributed by atoms with E-state index in [0.29, 0.717) is 0 Å². The number of carboxylic acid groups (broad SMARTS) is 3. The van der Waals surface area contributed by atoms with Gasteiger partial charge in [0.2, 0.25) is 17.7 Å². The molecule has 0 fully saturated rings. The number of amides is 3. The van der Waals surface area contributed by atoms with Crippen LogP contribution in [0.4, 0.5) is 0 Å². The number of aliphatic hydroxyl groups excluding tert-OH is 1. The van der Waals surface area contributed by atoms with Crippen molar-refractivity contribution in [3.63, 3.8) is 0 Å². The largest absolute Gasteiger partial charge is 0.481 e. The third-order valence-corrected chi connectivity index (χ3v) is 3.26. The molecule has 0 heterocycles. The van der Waals surface area contributed by atoms with Crippen molar-refractivity contribution in [1.29, 1.82) is 0 Å². The lowest BCUT2D eigenvalue weighted by atomic mass is 10.1. The van der Waals surface area contributed by atoms with Crippen LogP contribution in [0.3, 0.4) is 0 Å². The molecule has 9 N–H and O–H groups in total. The summed E-state index contributed by atoms with van der Waals surface area (Å²) in [7, 11) is 0. The van der Waals surface area contributed by atoms with Gasteiger partial charge in [-0.25, -0.2) is 4.79 Å². The Balaban J connectivity index is 4.78. The Labute approximate surface area is 158 Å². The van der Waals surface area contributed by atoms with Crippen LogP contribution in [0.5, 0.6) is 0 Å². The van der Waals surface area contributed by atoms with Crippen LogP contribution in [0.15, 0.2) is 0 Å². The monoisotopic (exact) mass is 406 g/mol. The quantitative estimate of drug-likeness (QED) is 0.146. The van der Waals surface area contributed by atoms with Crippen LogP contribution in [0.2, 0.25) is 0 Å². The van der Waals surface area contributed by atoms with E-state index >= 15 is 0 Å². The zero-order valence-corrected chi connectivity index (χ0v) is 14.6. The normalized spacial score (nSPS) is 13.5. The molecule has 0 bridgehead atoms. The second kappa shape index (κ2) is 12.2. The van der Waals surface area contributed by atoms with E-state index in [1.807, 2.05) is 16.0 Å². The van der Waals surface area contributed by atoms with E-state index in [-0.39, 0.29) is 6.42 Å². The van der Waals surface area contributed by atoms with Gasteiger partial charge in [-0.1, -0.05) is 0 Å². The summed E-state index contributed by atoms with van der Waals surface area (Å²) in [6.45, 7) is -1.64. The molecule has 0 aromatic heterocycles. The molecular formula is C14H22N4O10. The topological polar surface area (TPSA) is 245 Å². The minimum Gasteiger partial charge on any atom is -0.481 e. The lowest BCUT2D eigenvalue weighted by molar-refractivity contribution is -0.143. The zero-order chi connectivity index (χ0) is 21.9. The van der Waals surface area contributed by atoms with Crippen molar-refractivity contribution < 1.29 is 49.2 Å². The summed E-state index contributed by atoms with van der Waals surface area (Å²) >= 11 is 0. The van der Waals surface area contributed by atoms with E-state index in [9.17, 15) is 28.8 Å². The predicted molar refractivity (Wildman–Crippen MR) is 88.7 cm³/mol. The molecule has 0 aliphatic carbocycles. The van der Waals surface area contributed by atoms with Gasteiger partial charge in [0.05, 0.1) is 25.6 Å². The minimum atomic E-state index is -1.61. The van der Waals surface area contributed by atoms with Crippen LogP contribution in [0.25, 0.3) is 0 Å². The maximum absolute atomic E-state index is 12.0. The molecule has 0 spiro atoms. The van der Waals surface area contributed by atoms with Crippen LogP contribution in [0.1, 0.15) is 19.3 Å². The first kappa shape index (κ1) is 24.7. The Morgan fingerprint density at radius 1 is 0.857 bits per heavy atom. The minimum absolute atomic E-state index is 0.247. The predicted octanol–water partition coefficient (Wildman–Crippen LogP) is -4.18. The number of rotatable bonds is 13. The number of carbonyl (C=O) groups excluding carboxylic acids is 3. The van der Waals surface area contributed by atoms with Gasteiger partial charge in [-0.05, 0) is 6.42 Å². The highest BCUT2D eigenvalue weighted by Crippen LogP contribution is 1.99. The van der Waals surface area contributed by atoms with Gasteiger partial charge in [0.1, 0.15) is 12.1 Å². The van der Waals surface area contributed by atoms with E-state index in [4.69, 9.17) is 26.2 Å². The average molecular weight is 406 g/mol. The fourth-order valence-electron chi connectivity index (χ4n) is 1.79. The van der Waals surface area contributed by atoms with Crippen LogP contribution in [-0.4, -0.2) is 87.3 Å². The number of nitrogens with two attached hydrogens (primary N) is 1. The van der Waals surface area contributed by atoms with E-state index < -0.39 is 79.7 Å². The number of aliphatic hydroxyl groups is 1. The maximum atomic E-state index is 12.0. The Bertz CT molecular complexity index is 623. The summed E-state index contributed by atoms with van der Waals surface area (Å²) in [5, 5.41) is 40.8. The van der Waals surface area contributed by atoms with E-state index in [0.717, 1.165) is 0 Å². The summed E-state index contributed by atoms with van der Waals surface area (Å²) in [6.07, 6.45) is -1.51. The molecule has 3 atom stereocenters. The zero-order valence-electron chi connectivity index (χ0n) is 14.6. The SMILES string of the molecule is NC(CCC(=O)O)C(=O)NC(CC(=O)O)C(=O)NCC(=O)NC(CO)C(=O)O. The van der Waals surface area contributed by atoms with Crippen LogP contribution < -0.4 is 21.7 Å². The van der Waals surface area contributed by atoms with Gasteiger partial charge in [-0.3, -0.25) is 24.0 Å². The standard InChI is InChI=1S/C14H22N4O10/c15-6(1-2-10(21)22)12(25)18-7(3-11(23)24)13(26)16-4-9(20)17-8(5-19)14(27)28/h6-8,19H,1-5,15H2,(H,16,26)(H,17,20)(H,18,25)(H,21,22)(H,23,24)(H,27,28). The summed E-state index contributed by atoms with van der Waals surface area (Å²) in [5.74, 6) is -7.15. The van der Waals surface area contributed by atoms with Gasteiger partial charge in [0.25, 0.3) is 0 Å². The Kier molecular flexibility index (Phi) is 10.8. The molecule has 0 aromatic carbocycles. The smallest absolute Gasteiger partial charge is 0.328 e. The molecule has 3 amide bonds. The number of nitrogens with one attached hydrogen (secondary N) is 3. The highest BCUT2D eigenvalue weighted by Gasteiger charge is 2.27. The lowest BCUT2D eigenvalue weighted by Crippen LogP contribution is -2.54. The second-order valence-corrected chi connectivity index (χ2v) is 5.56. The first-order chi connectivity index (χ1) is 13.0. The number of hydrogen-bond donors (Lipinski definition) is 8. The maximum Gasteiger partial charge on any atom is 0.328 e. The van der Waals surface area contributed by atoms with Gasteiger partial charge in [-0.15, -0.1) is 0 Å². The molecule has 14 heteroatoms. The second-order valence-electron chi connectivity index (χ2n) is 5.56. The molecule has 0 rings (SSSR count). The van der Waals surface area contributed by atoms with Crippen molar-refractivity contribution in [2.75, 3.05) is 13.2 Å². The Morgan fingerprint density at radius 2 is 1.46 bits per heavy atom. The van der Waals surface area contributed by atoms with Crippen molar-refractivity contribution in [1.82, 2.24) is 16.0 Å². The van der Waals surface area contributed by atoms with Crippen LogP contribution in [-0.2, 0) is 28.8 Å². The van der Waals surface area contributed by atoms with Gasteiger partial charge in [0.15, 0.2) is 0 Å².